The summed E-state index contributed by atoms with van der Waals surface area (Å²) in [7, 11) is 0. The maximum absolute atomic E-state index is 12.3. The number of carbonyl (C=O) groups excluding carboxylic acids is 1. The van der Waals surface area contributed by atoms with Crippen molar-refractivity contribution in [3.63, 3.8) is 0 Å². The zero-order valence-electron chi connectivity index (χ0n) is 14.5. The highest BCUT2D eigenvalue weighted by Crippen LogP contribution is 2.35. The summed E-state index contributed by atoms with van der Waals surface area (Å²) in [5.74, 6) is 0.653. The van der Waals surface area contributed by atoms with E-state index in [1.165, 1.54) is 11.3 Å². The molecule has 0 aliphatic heterocycles. The van der Waals surface area contributed by atoms with Crippen molar-refractivity contribution in [2.24, 2.45) is 0 Å². The quantitative estimate of drug-likeness (QED) is 0.710. The highest BCUT2D eigenvalue weighted by molar-refractivity contribution is 7.20. The van der Waals surface area contributed by atoms with E-state index in [-0.39, 0.29) is 12.1 Å². The summed E-state index contributed by atoms with van der Waals surface area (Å²) < 4.78 is 5.35. The molecule has 0 unspecified atom stereocenters. The number of aromatic nitrogens is 2. The minimum Gasteiger partial charge on any atom is -0.459 e. The lowest BCUT2D eigenvalue weighted by molar-refractivity contribution is 0.0383. The molecular formula is C17H25N3O2S. The number of hydrogen-bond acceptors (Lipinski definition) is 6. The predicted molar refractivity (Wildman–Crippen MR) is 95.5 cm³/mol. The van der Waals surface area contributed by atoms with Crippen LogP contribution in [-0.2, 0) is 4.74 Å². The zero-order chi connectivity index (χ0) is 17.0. The Morgan fingerprint density at radius 2 is 1.91 bits per heavy atom. The molecule has 6 heteroatoms. The van der Waals surface area contributed by atoms with Gasteiger partial charge in [-0.25, -0.2) is 14.8 Å². The second-order valence-corrected chi connectivity index (χ2v) is 6.87. The Hall–Kier alpha value is -1.69. The van der Waals surface area contributed by atoms with Gasteiger partial charge in [0.1, 0.15) is 21.9 Å². The van der Waals surface area contributed by atoms with Crippen molar-refractivity contribution in [2.75, 3.05) is 18.0 Å². The van der Waals surface area contributed by atoms with Crippen LogP contribution in [-0.4, -0.2) is 35.1 Å². The van der Waals surface area contributed by atoms with Crippen molar-refractivity contribution in [3.05, 3.63) is 16.8 Å². The van der Waals surface area contributed by atoms with Gasteiger partial charge in [-0.15, -0.1) is 11.3 Å². The van der Waals surface area contributed by atoms with Crippen LogP contribution in [0.1, 0.15) is 55.8 Å². The number of nitrogens with zero attached hydrogens (tertiary/aromatic N) is 3. The number of thiophene rings is 1. The Labute approximate surface area is 141 Å². The van der Waals surface area contributed by atoms with Crippen LogP contribution in [0.3, 0.4) is 0 Å². The topological polar surface area (TPSA) is 55.3 Å². The van der Waals surface area contributed by atoms with Gasteiger partial charge in [-0.05, 0) is 39.2 Å². The van der Waals surface area contributed by atoms with Crippen LogP contribution >= 0.6 is 11.3 Å². The van der Waals surface area contributed by atoms with Crippen LogP contribution in [0, 0.1) is 6.92 Å². The van der Waals surface area contributed by atoms with E-state index in [0.29, 0.717) is 4.88 Å². The van der Waals surface area contributed by atoms with Crippen molar-refractivity contribution in [3.8, 4) is 0 Å². The minimum atomic E-state index is -0.274. The first kappa shape index (κ1) is 17.7. The Morgan fingerprint density at radius 1 is 1.26 bits per heavy atom. The first-order chi connectivity index (χ1) is 11.0. The van der Waals surface area contributed by atoms with Gasteiger partial charge < -0.3 is 9.64 Å². The number of aryl methyl sites for hydroxylation is 1. The summed E-state index contributed by atoms with van der Waals surface area (Å²) in [4.78, 5) is 24.9. The summed E-state index contributed by atoms with van der Waals surface area (Å²) >= 11 is 1.39. The Kier molecular flexibility index (Phi) is 5.93. The molecule has 2 rings (SSSR count). The van der Waals surface area contributed by atoms with Crippen LogP contribution in [0.15, 0.2) is 6.33 Å². The van der Waals surface area contributed by atoms with Gasteiger partial charge in [0.15, 0.2) is 0 Å². The number of fused-ring (bicyclic) bond motifs is 1. The highest BCUT2D eigenvalue weighted by Gasteiger charge is 2.22. The third-order valence-corrected chi connectivity index (χ3v) is 4.70. The van der Waals surface area contributed by atoms with E-state index in [0.717, 1.165) is 47.5 Å². The summed E-state index contributed by atoms with van der Waals surface area (Å²) in [6.45, 7) is 11.9. The normalized spacial score (nSPS) is 11.2. The fourth-order valence-corrected chi connectivity index (χ4v) is 3.64. The van der Waals surface area contributed by atoms with Gasteiger partial charge in [0, 0.05) is 13.1 Å². The van der Waals surface area contributed by atoms with Gasteiger partial charge >= 0.3 is 5.97 Å². The highest BCUT2D eigenvalue weighted by atomic mass is 32.1. The van der Waals surface area contributed by atoms with Crippen LogP contribution in [0.4, 0.5) is 5.82 Å². The Bertz CT molecular complexity index is 676. The maximum atomic E-state index is 12.3. The first-order valence-corrected chi connectivity index (χ1v) is 9.01. The molecular weight excluding hydrogens is 310 g/mol. The van der Waals surface area contributed by atoms with Crippen LogP contribution in [0.2, 0.25) is 0 Å². The van der Waals surface area contributed by atoms with Crippen molar-refractivity contribution >= 4 is 33.3 Å². The molecule has 0 saturated carbocycles. The van der Waals surface area contributed by atoms with E-state index in [4.69, 9.17) is 4.74 Å². The second kappa shape index (κ2) is 7.73. The molecule has 0 aliphatic rings. The minimum absolute atomic E-state index is 0.130. The van der Waals surface area contributed by atoms with Gasteiger partial charge in [-0.3, -0.25) is 0 Å². The molecule has 0 fully saturated rings. The van der Waals surface area contributed by atoms with Gasteiger partial charge in [0.25, 0.3) is 0 Å². The molecule has 0 spiro atoms. The van der Waals surface area contributed by atoms with E-state index in [2.05, 4.69) is 28.7 Å². The van der Waals surface area contributed by atoms with Crippen LogP contribution in [0.25, 0.3) is 10.2 Å². The summed E-state index contributed by atoms with van der Waals surface area (Å²) in [5, 5.41) is 0.982. The number of esters is 1. The number of rotatable bonds is 7. The lowest BCUT2D eigenvalue weighted by Crippen LogP contribution is -2.26. The number of ether oxygens (including phenoxy) is 1. The van der Waals surface area contributed by atoms with E-state index in [1.807, 2.05) is 20.8 Å². The second-order valence-electron chi connectivity index (χ2n) is 5.87. The fraction of sp³-hybridized carbons (Fsp3) is 0.588. The van der Waals surface area contributed by atoms with Crippen LogP contribution < -0.4 is 4.90 Å². The van der Waals surface area contributed by atoms with Crippen molar-refractivity contribution in [1.29, 1.82) is 0 Å². The zero-order valence-corrected chi connectivity index (χ0v) is 15.4. The SMILES string of the molecule is CCCN(CCC)c1ncnc2sc(C(=O)OC(C)C)c(C)c12. The third kappa shape index (κ3) is 3.80. The van der Waals surface area contributed by atoms with Gasteiger partial charge in [-0.2, -0.15) is 0 Å². The van der Waals surface area contributed by atoms with Gasteiger partial charge in [0.05, 0.1) is 11.5 Å². The molecule has 0 saturated heterocycles. The van der Waals surface area contributed by atoms with Crippen LogP contribution in [0.5, 0.6) is 0 Å². The van der Waals surface area contributed by atoms with E-state index in [1.54, 1.807) is 6.33 Å². The molecule has 0 amide bonds. The average molecular weight is 335 g/mol. The fourth-order valence-electron chi connectivity index (χ4n) is 2.62. The standard InChI is InChI=1S/C17H25N3O2S/c1-6-8-20(9-7-2)15-13-12(5)14(17(21)22-11(3)4)23-16(13)19-10-18-15/h10-11H,6-9H2,1-5H3. The molecule has 0 atom stereocenters. The summed E-state index contributed by atoms with van der Waals surface area (Å²) in [6, 6.07) is 0. The largest absolute Gasteiger partial charge is 0.459 e. The van der Waals surface area contributed by atoms with E-state index >= 15 is 0 Å². The smallest absolute Gasteiger partial charge is 0.348 e. The lowest BCUT2D eigenvalue weighted by Gasteiger charge is -2.23. The van der Waals surface area contributed by atoms with Crippen molar-refractivity contribution in [2.45, 2.75) is 53.6 Å². The van der Waals surface area contributed by atoms with Crippen molar-refractivity contribution in [1.82, 2.24) is 9.97 Å². The molecule has 0 aliphatic carbocycles. The molecule has 5 nitrogen and oxygen atoms in total. The molecule has 0 radical (unpaired) electrons. The maximum Gasteiger partial charge on any atom is 0.348 e. The van der Waals surface area contributed by atoms with Gasteiger partial charge in [0.2, 0.25) is 0 Å². The number of hydrogen-bond donors (Lipinski definition) is 0. The van der Waals surface area contributed by atoms with E-state index < -0.39 is 0 Å². The Morgan fingerprint density at radius 3 is 2.48 bits per heavy atom. The molecule has 126 valence electrons. The number of anilines is 1. The summed E-state index contributed by atoms with van der Waals surface area (Å²) in [6.07, 6.45) is 3.56. The lowest BCUT2D eigenvalue weighted by atomic mass is 10.2. The molecule has 0 aromatic carbocycles. The molecule has 2 heterocycles. The third-order valence-electron chi connectivity index (χ3n) is 3.52. The van der Waals surface area contributed by atoms with E-state index in [9.17, 15) is 4.79 Å². The van der Waals surface area contributed by atoms with Gasteiger partial charge in [-0.1, -0.05) is 13.8 Å². The molecule has 0 bridgehead atoms. The molecule has 23 heavy (non-hydrogen) atoms. The first-order valence-electron chi connectivity index (χ1n) is 8.19. The summed E-state index contributed by atoms with van der Waals surface area (Å²) in [5.41, 5.74) is 0.920. The predicted octanol–water partition coefficient (Wildman–Crippen LogP) is 4.19. The number of carbonyl (C=O) groups is 1. The van der Waals surface area contributed by atoms with Crippen molar-refractivity contribution < 1.29 is 9.53 Å². The molecule has 0 N–H and O–H groups in total. The molecule has 2 aromatic heterocycles. The monoisotopic (exact) mass is 335 g/mol. The average Bonchev–Trinajstić information content (AvgIpc) is 2.84. The molecule has 2 aromatic rings. The Balaban J connectivity index is 2.51.